The number of carbonyl (C=O) groups is 1. The minimum absolute atomic E-state index is 0.149. The molecule has 0 spiro atoms. The van der Waals surface area contributed by atoms with Crippen LogP contribution in [-0.4, -0.2) is 24.0 Å². The van der Waals surface area contributed by atoms with Crippen LogP contribution in [0.5, 0.6) is 0 Å². The highest BCUT2D eigenvalue weighted by Gasteiger charge is 2.30. The maximum atomic E-state index is 12.5. The molecule has 1 aromatic heterocycles. The van der Waals surface area contributed by atoms with Crippen LogP contribution in [0.2, 0.25) is 0 Å². The molecule has 0 atom stereocenters. The molecule has 0 unspecified atom stereocenters. The van der Waals surface area contributed by atoms with Crippen molar-refractivity contribution in [3.05, 3.63) is 53.7 Å². The summed E-state index contributed by atoms with van der Waals surface area (Å²) in [7, 11) is 0. The molecular formula is C17H18F3N3O. The number of carbonyl (C=O) groups excluding carboxylic acids is 1. The Kier molecular flexibility index (Phi) is 5.43. The van der Waals surface area contributed by atoms with Gasteiger partial charge >= 0.3 is 6.18 Å². The van der Waals surface area contributed by atoms with Gasteiger partial charge in [0, 0.05) is 18.7 Å². The van der Waals surface area contributed by atoms with Crippen molar-refractivity contribution in [1.29, 1.82) is 0 Å². The molecule has 24 heavy (non-hydrogen) atoms. The van der Waals surface area contributed by atoms with E-state index in [4.69, 9.17) is 0 Å². The predicted octanol–water partition coefficient (Wildman–Crippen LogP) is 4.20. The van der Waals surface area contributed by atoms with E-state index in [1.54, 1.807) is 12.1 Å². The van der Waals surface area contributed by atoms with E-state index in [0.717, 1.165) is 43.2 Å². The Morgan fingerprint density at radius 3 is 2.17 bits per heavy atom. The number of anilines is 2. The summed E-state index contributed by atoms with van der Waals surface area (Å²) in [5, 5.41) is 2.62. The van der Waals surface area contributed by atoms with Crippen molar-refractivity contribution in [3.63, 3.8) is 0 Å². The first kappa shape index (κ1) is 17.8. The van der Waals surface area contributed by atoms with Crippen LogP contribution < -0.4 is 10.2 Å². The number of benzene rings is 1. The second-order valence-corrected chi connectivity index (χ2v) is 5.11. The third-order valence-corrected chi connectivity index (χ3v) is 3.57. The van der Waals surface area contributed by atoms with Crippen molar-refractivity contribution >= 4 is 17.4 Å². The van der Waals surface area contributed by atoms with E-state index in [1.165, 1.54) is 6.20 Å². The van der Waals surface area contributed by atoms with Crippen LogP contribution in [0, 0.1) is 0 Å². The van der Waals surface area contributed by atoms with Gasteiger partial charge in [-0.2, -0.15) is 13.2 Å². The van der Waals surface area contributed by atoms with Gasteiger partial charge in [-0.25, -0.2) is 4.98 Å². The lowest BCUT2D eigenvalue weighted by Gasteiger charge is -2.19. The highest BCUT2D eigenvalue weighted by molar-refractivity contribution is 6.04. The van der Waals surface area contributed by atoms with Crippen molar-refractivity contribution in [3.8, 4) is 0 Å². The molecule has 2 aromatic rings. The molecule has 0 aliphatic carbocycles. The molecule has 2 rings (SSSR count). The summed E-state index contributed by atoms with van der Waals surface area (Å²) in [5.74, 6) is 0.314. The number of pyridine rings is 1. The van der Waals surface area contributed by atoms with Crippen molar-refractivity contribution in [2.24, 2.45) is 0 Å². The summed E-state index contributed by atoms with van der Waals surface area (Å²) in [6.45, 7) is 5.68. The highest BCUT2D eigenvalue weighted by atomic mass is 19.4. The first-order chi connectivity index (χ1) is 11.3. The molecule has 1 N–H and O–H groups in total. The van der Waals surface area contributed by atoms with E-state index < -0.39 is 17.6 Å². The molecule has 0 saturated carbocycles. The van der Waals surface area contributed by atoms with E-state index >= 15 is 0 Å². The zero-order valence-corrected chi connectivity index (χ0v) is 13.4. The average Bonchev–Trinajstić information content (AvgIpc) is 2.57. The Labute approximate surface area is 138 Å². The third kappa shape index (κ3) is 4.24. The molecule has 0 bridgehead atoms. The van der Waals surface area contributed by atoms with Crippen molar-refractivity contribution in [2.45, 2.75) is 20.0 Å². The quantitative estimate of drug-likeness (QED) is 0.889. The van der Waals surface area contributed by atoms with Gasteiger partial charge in [0.1, 0.15) is 5.82 Å². The number of rotatable bonds is 5. The van der Waals surface area contributed by atoms with Crippen LogP contribution in [0.1, 0.15) is 29.8 Å². The first-order valence-corrected chi connectivity index (χ1v) is 7.54. The van der Waals surface area contributed by atoms with Crippen molar-refractivity contribution < 1.29 is 18.0 Å². The van der Waals surface area contributed by atoms with E-state index in [2.05, 4.69) is 15.2 Å². The first-order valence-electron chi connectivity index (χ1n) is 7.54. The van der Waals surface area contributed by atoms with Gasteiger partial charge in [0.05, 0.1) is 17.4 Å². The number of alkyl halides is 3. The van der Waals surface area contributed by atoms with Crippen LogP contribution in [0.15, 0.2) is 42.6 Å². The van der Waals surface area contributed by atoms with E-state index in [9.17, 15) is 18.0 Å². The summed E-state index contributed by atoms with van der Waals surface area (Å²) < 4.78 is 37.5. The van der Waals surface area contributed by atoms with Crippen LogP contribution in [0.3, 0.4) is 0 Å². The minimum Gasteiger partial charge on any atom is -0.357 e. The van der Waals surface area contributed by atoms with E-state index in [1.807, 2.05) is 13.8 Å². The van der Waals surface area contributed by atoms with Gasteiger partial charge in [-0.05, 0) is 50.2 Å². The molecule has 0 aliphatic rings. The molecule has 1 heterocycles. The molecule has 4 nitrogen and oxygen atoms in total. The highest BCUT2D eigenvalue weighted by Crippen LogP contribution is 2.29. The summed E-state index contributed by atoms with van der Waals surface area (Å²) in [5.41, 5.74) is -0.157. The van der Waals surface area contributed by atoms with Gasteiger partial charge in [0.25, 0.3) is 5.91 Å². The van der Waals surface area contributed by atoms with Gasteiger partial charge < -0.3 is 10.2 Å². The summed E-state index contributed by atoms with van der Waals surface area (Å²) >= 11 is 0. The van der Waals surface area contributed by atoms with E-state index in [0.29, 0.717) is 5.69 Å². The fourth-order valence-corrected chi connectivity index (χ4v) is 2.21. The van der Waals surface area contributed by atoms with Gasteiger partial charge in [0.15, 0.2) is 0 Å². The average molecular weight is 337 g/mol. The number of amides is 1. The van der Waals surface area contributed by atoms with Crippen LogP contribution in [0.4, 0.5) is 24.7 Å². The number of halogens is 3. The molecule has 0 radical (unpaired) electrons. The maximum Gasteiger partial charge on any atom is 0.416 e. The topological polar surface area (TPSA) is 45.2 Å². The third-order valence-electron chi connectivity index (χ3n) is 3.57. The van der Waals surface area contributed by atoms with Crippen LogP contribution in [-0.2, 0) is 6.18 Å². The molecule has 1 aromatic carbocycles. The molecule has 7 heteroatoms. The molecule has 0 saturated heterocycles. The zero-order chi connectivity index (χ0) is 17.7. The van der Waals surface area contributed by atoms with Gasteiger partial charge in [0.2, 0.25) is 0 Å². The fraction of sp³-hybridized carbons (Fsp3) is 0.294. The van der Waals surface area contributed by atoms with Gasteiger partial charge in [-0.1, -0.05) is 0 Å². The lowest BCUT2D eigenvalue weighted by atomic mass is 10.1. The Hall–Kier alpha value is -2.57. The van der Waals surface area contributed by atoms with Crippen molar-refractivity contribution in [2.75, 3.05) is 23.3 Å². The summed E-state index contributed by atoms with van der Waals surface area (Å²) in [4.78, 5) is 18.4. The van der Waals surface area contributed by atoms with Gasteiger partial charge in [-0.3, -0.25) is 4.79 Å². The number of aromatic nitrogens is 1. The number of nitrogens with zero attached hydrogens (tertiary/aromatic N) is 2. The second-order valence-electron chi connectivity index (χ2n) is 5.11. The predicted molar refractivity (Wildman–Crippen MR) is 87.2 cm³/mol. The van der Waals surface area contributed by atoms with E-state index in [-0.39, 0.29) is 5.56 Å². The van der Waals surface area contributed by atoms with Gasteiger partial charge in [-0.15, -0.1) is 0 Å². The number of nitrogens with one attached hydrogen (secondary N) is 1. The molecule has 0 aliphatic heterocycles. The number of hydrogen-bond donors (Lipinski definition) is 1. The Morgan fingerprint density at radius 1 is 1.08 bits per heavy atom. The summed E-state index contributed by atoms with van der Waals surface area (Å²) in [6, 6.07) is 7.57. The maximum absolute atomic E-state index is 12.5. The molecule has 1 amide bonds. The monoisotopic (exact) mass is 337 g/mol. The Balaban J connectivity index is 2.07. The molecule has 128 valence electrons. The summed E-state index contributed by atoms with van der Waals surface area (Å²) in [6.07, 6.45) is -2.89. The SMILES string of the molecule is CCN(CC)c1ccc(NC(=O)c2ccc(C(F)(F)F)cc2)cn1. The van der Waals surface area contributed by atoms with Crippen LogP contribution >= 0.6 is 0 Å². The molecular weight excluding hydrogens is 319 g/mol. The smallest absolute Gasteiger partial charge is 0.357 e. The zero-order valence-electron chi connectivity index (χ0n) is 13.4. The lowest BCUT2D eigenvalue weighted by molar-refractivity contribution is -0.137. The lowest BCUT2D eigenvalue weighted by Crippen LogP contribution is -2.22. The number of hydrogen-bond acceptors (Lipinski definition) is 3. The normalized spacial score (nSPS) is 11.2. The standard InChI is InChI=1S/C17H18F3N3O/c1-3-23(4-2)15-10-9-14(11-21-15)22-16(24)12-5-7-13(8-6-12)17(18,19)20/h5-11H,3-4H2,1-2H3,(H,22,24). The van der Waals surface area contributed by atoms with Crippen LogP contribution in [0.25, 0.3) is 0 Å². The fourth-order valence-electron chi connectivity index (χ4n) is 2.21. The second kappa shape index (κ2) is 7.33. The Bertz CT molecular complexity index is 678. The largest absolute Gasteiger partial charge is 0.416 e. The van der Waals surface area contributed by atoms with Crippen molar-refractivity contribution in [1.82, 2.24) is 4.98 Å². The molecule has 0 fully saturated rings. The minimum atomic E-state index is -4.42. The Morgan fingerprint density at radius 2 is 1.71 bits per heavy atom.